The Hall–Kier alpha value is -0.970. The maximum Gasteiger partial charge on any atom is 0.132 e. The van der Waals surface area contributed by atoms with Gasteiger partial charge in [0.2, 0.25) is 0 Å². The standard InChI is InChI=1S/C13H9ClFNS2/c1-18-9-3-5-11(13(15)7-9)10-4-2-8(16-17)6-12(10)14/h2-7H,1H3. The van der Waals surface area contributed by atoms with Gasteiger partial charge in [-0.05, 0) is 30.5 Å². The smallest absolute Gasteiger partial charge is 0.132 e. The van der Waals surface area contributed by atoms with Crippen LogP contribution in [0.25, 0.3) is 11.1 Å². The van der Waals surface area contributed by atoms with Crippen LogP contribution in [-0.2, 0) is 12.4 Å². The molecule has 0 aliphatic heterocycles. The van der Waals surface area contributed by atoms with Crippen LogP contribution >= 0.6 is 23.4 Å². The number of benzene rings is 2. The molecule has 5 heteroatoms. The van der Waals surface area contributed by atoms with Crippen LogP contribution in [0.2, 0.25) is 5.02 Å². The topological polar surface area (TPSA) is 12.4 Å². The summed E-state index contributed by atoms with van der Waals surface area (Å²) in [5.74, 6) is -0.285. The molecule has 0 spiro atoms. The predicted molar refractivity (Wildman–Crippen MR) is 78.1 cm³/mol. The van der Waals surface area contributed by atoms with E-state index >= 15 is 0 Å². The molecule has 0 aliphatic rings. The molecule has 0 aliphatic carbocycles. The van der Waals surface area contributed by atoms with E-state index in [0.29, 0.717) is 21.8 Å². The molecule has 0 amide bonds. The fraction of sp³-hybridized carbons (Fsp3) is 0.0769. The van der Waals surface area contributed by atoms with Crippen molar-refractivity contribution in [3.8, 4) is 11.1 Å². The Morgan fingerprint density at radius 3 is 2.44 bits per heavy atom. The minimum atomic E-state index is -0.285. The lowest BCUT2D eigenvalue weighted by Crippen LogP contribution is -1.86. The van der Waals surface area contributed by atoms with Crippen molar-refractivity contribution in [3.63, 3.8) is 0 Å². The molecule has 0 N–H and O–H groups in total. The van der Waals surface area contributed by atoms with Crippen molar-refractivity contribution in [2.75, 3.05) is 6.26 Å². The first kappa shape index (κ1) is 13.5. The van der Waals surface area contributed by atoms with Gasteiger partial charge >= 0.3 is 0 Å². The molecule has 0 radical (unpaired) electrons. The maximum absolute atomic E-state index is 14.0. The van der Waals surface area contributed by atoms with Crippen molar-refractivity contribution in [2.45, 2.75) is 4.90 Å². The summed E-state index contributed by atoms with van der Waals surface area (Å²) < 4.78 is 17.6. The zero-order valence-electron chi connectivity index (χ0n) is 9.48. The van der Waals surface area contributed by atoms with E-state index in [1.807, 2.05) is 12.3 Å². The largest absolute Gasteiger partial charge is 0.206 e. The molecule has 0 atom stereocenters. The molecule has 2 aromatic carbocycles. The second-order valence-electron chi connectivity index (χ2n) is 3.60. The lowest BCUT2D eigenvalue weighted by Gasteiger charge is -2.07. The predicted octanol–water partition coefficient (Wildman–Crippen LogP) is 5.23. The van der Waals surface area contributed by atoms with Gasteiger partial charge in [0.15, 0.2) is 0 Å². The lowest BCUT2D eigenvalue weighted by atomic mass is 10.0. The van der Waals surface area contributed by atoms with Crippen molar-refractivity contribution >= 4 is 41.5 Å². The first-order valence-corrected chi connectivity index (χ1v) is 7.09. The maximum atomic E-state index is 14.0. The average molecular weight is 298 g/mol. The van der Waals surface area contributed by atoms with Crippen molar-refractivity contribution in [1.82, 2.24) is 0 Å². The average Bonchev–Trinajstić information content (AvgIpc) is 2.39. The summed E-state index contributed by atoms with van der Waals surface area (Å²) in [6, 6.07) is 10.2. The molecule has 92 valence electrons. The molecule has 0 heterocycles. The first-order valence-electron chi connectivity index (χ1n) is 5.12. The van der Waals surface area contributed by atoms with Crippen LogP contribution < -0.4 is 0 Å². The summed E-state index contributed by atoms with van der Waals surface area (Å²) >= 11 is 12.2. The fourth-order valence-electron chi connectivity index (χ4n) is 1.62. The molecule has 0 saturated heterocycles. The normalized spacial score (nSPS) is 10.4. The summed E-state index contributed by atoms with van der Waals surface area (Å²) in [5.41, 5.74) is 1.72. The van der Waals surface area contributed by atoms with E-state index in [1.165, 1.54) is 17.8 Å². The van der Waals surface area contributed by atoms with E-state index in [4.69, 9.17) is 11.6 Å². The van der Waals surface area contributed by atoms with E-state index in [-0.39, 0.29) is 5.82 Å². The molecule has 0 fully saturated rings. The third-order valence-corrected chi connectivity index (χ3v) is 3.77. The molecule has 2 aromatic rings. The minimum absolute atomic E-state index is 0.285. The highest BCUT2D eigenvalue weighted by Gasteiger charge is 2.10. The van der Waals surface area contributed by atoms with Gasteiger partial charge in [0, 0.05) is 28.4 Å². The van der Waals surface area contributed by atoms with Crippen LogP contribution in [0.5, 0.6) is 0 Å². The van der Waals surface area contributed by atoms with Crippen molar-refractivity contribution in [2.24, 2.45) is 4.36 Å². The summed E-state index contributed by atoms with van der Waals surface area (Å²) in [4.78, 5) is 0.879. The number of rotatable bonds is 3. The molecule has 18 heavy (non-hydrogen) atoms. The Labute approximate surface area is 120 Å². The van der Waals surface area contributed by atoms with Gasteiger partial charge in [-0.15, -0.1) is 11.8 Å². The van der Waals surface area contributed by atoms with Crippen molar-refractivity contribution in [3.05, 3.63) is 47.2 Å². The Balaban J connectivity index is 2.51. The van der Waals surface area contributed by atoms with Crippen molar-refractivity contribution in [1.29, 1.82) is 0 Å². The van der Waals surface area contributed by atoms with Crippen LogP contribution in [0.4, 0.5) is 10.1 Å². The Kier molecular flexibility index (Phi) is 4.32. The molecule has 1 nitrogen and oxygen atoms in total. The summed E-state index contributed by atoms with van der Waals surface area (Å²) in [5, 5.41) is 0.442. The van der Waals surface area contributed by atoms with E-state index < -0.39 is 0 Å². The minimum Gasteiger partial charge on any atom is -0.206 e. The second-order valence-corrected chi connectivity index (χ2v) is 5.07. The number of hydrogen-bond acceptors (Lipinski definition) is 3. The van der Waals surface area contributed by atoms with Gasteiger partial charge < -0.3 is 0 Å². The molecular formula is C13H9ClFNS2. The number of thioether (sulfide) groups is 1. The highest BCUT2D eigenvalue weighted by molar-refractivity contribution is 7.98. The Bertz CT molecular complexity index is 602. The van der Waals surface area contributed by atoms with Gasteiger partial charge in [-0.2, -0.15) is 4.36 Å². The Morgan fingerprint density at radius 1 is 1.17 bits per heavy atom. The van der Waals surface area contributed by atoms with Gasteiger partial charge in [0.05, 0.1) is 10.7 Å². The quantitative estimate of drug-likeness (QED) is 0.719. The van der Waals surface area contributed by atoms with E-state index in [0.717, 1.165) is 4.90 Å². The van der Waals surface area contributed by atoms with Gasteiger partial charge in [-0.25, -0.2) is 4.39 Å². The van der Waals surface area contributed by atoms with E-state index in [9.17, 15) is 4.39 Å². The van der Waals surface area contributed by atoms with Gasteiger partial charge in [0.1, 0.15) is 5.82 Å². The summed E-state index contributed by atoms with van der Waals surface area (Å²) in [6.45, 7) is 0. The Morgan fingerprint density at radius 2 is 1.89 bits per heavy atom. The van der Waals surface area contributed by atoms with Gasteiger partial charge in [-0.1, -0.05) is 23.7 Å². The zero-order valence-corrected chi connectivity index (χ0v) is 11.9. The van der Waals surface area contributed by atoms with Crippen molar-refractivity contribution < 1.29 is 4.39 Å². The van der Waals surface area contributed by atoms with Crippen LogP contribution in [0.1, 0.15) is 0 Å². The van der Waals surface area contributed by atoms with Crippen LogP contribution in [0, 0.1) is 5.82 Å². The highest BCUT2D eigenvalue weighted by atomic mass is 35.5. The van der Waals surface area contributed by atoms with Gasteiger partial charge in [-0.3, -0.25) is 0 Å². The summed E-state index contributed by atoms with van der Waals surface area (Å²) in [6.07, 6.45) is 1.90. The zero-order chi connectivity index (χ0) is 13.1. The monoisotopic (exact) mass is 297 g/mol. The van der Waals surface area contributed by atoms with Crippen LogP contribution in [0.3, 0.4) is 0 Å². The fourth-order valence-corrected chi connectivity index (χ4v) is 2.44. The molecule has 0 aromatic heterocycles. The third kappa shape index (κ3) is 2.71. The van der Waals surface area contributed by atoms with E-state index in [2.05, 4.69) is 16.8 Å². The molecule has 0 saturated carbocycles. The molecular weight excluding hydrogens is 289 g/mol. The highest BCUT2D eigenvalue weighted by Crippen LogP contribution is 2.34. The molecule has 0 bridgehead atoms. The number of halogens is 2. The molecule has 2 rings (SSSR count). The number of hydrogen-bond donors (Lipinski definition) is 0. The van der Waals surface area contributed by atoms with Crippen LogP contribution in [-0.4, -0.2) is 6.26 Å². The van der Waals surface area contributed by atoms with Crippen LogP contribution in [0.15, 0.2) is 45.7 Å². The molecule has 0 unspecified atom stereocenters. The third-order valence-electron chi connectivity index (χ3n) is 2.52. The lowest BCUT2D eigenvalue weighted by molar-refractivity contribution is 0.628. The first-order chi connectivity index (χ1) is 8.65. The van der Waals surface area contributed by atoms with Gasteiger partial charge in [0.25, 0.3) is 0 Å². The summed E-state index contributed by atoms with van der Waals surface area (Å²) in [7, 11) is 0. The van der Waals surface area contributed by atoms with E-state index in [1.54, 1.807) is 24.3 Å². The second kappa shape index (κ2) is 5.78. The number of nitrogens with zero attached hydrogens (tertiary/aromatic N) is 1. The SMILES string of the molecule is CSc1ccc(-c2ccc(N=S)cc2Cl)c(F)c1.